The summed E-state index contributed by atoms with van der Waals surface area (Å²) in [5.74, 6) is 0. The average Bonchev–Trinajstić information content (AvgIpc) is 2.21. The van der Waals surface area contributed by atoms with Crippen LogP contribution in [0.15, 0.2) is 30.3 Å². The van der Waals surface area contributed by atoms with Crippen LogP contribution in [0.5, 0.6) is 0 Å². The van der Waals surface area contributed by atoms with Gasteiger partial charge in [-0.15, -0.1) is 0 Å². The SMILES string of the molecule is c1ccc(C[NH+]2CCOCC2)cc1. The van der Waals surface area contributed by atoms with Crippen LogP contribution in [0, 0.1) is 0 Å². The van der Waals surface area contributed by atoms with E-state index in [-0.39, 0.29) is 0 Å². The number of hydrogen-bond acceptors (Lipinski definition) is 1. The smallest absolute Gasteiger partial charge is 0.103 e. The number of rotatable bonds is 2. The van der Waals surface area contributed by atoms with Crippen molar-refractivity contribution in [1.29, 1.82) is 0 Å². The Hall–Kier alpha value is -0.860. The fourth-order valence-corrected chi connectivity index (χ4v) is 1.72. The lowest BCUT2D eigenvalue weighted by molar-refractivity contribution is -0.921. The zero-order valence-corrected chi connectivity index (χ0v) is 7.83. The van der Waals surface area contributed by atoms with Gasteiger partial charge in [-0.25, -0.2) is 0 Å². The zero-order chi connectivity index (χ0) is 8.93. The van der Waals surface area contributed by atoms with Crippen LogP contribution < -0.4 is 4.90 Å². The highest BCUT2D eigenvalue weighted by atomic mass is 16.5. The predicted octanol–water partition coefficient (Wildman–Crippen LogP) is 0.102. The summed E-state index contributed by atoms with van der Waals surface area (Å²) in [6.07, 6.45) is 0. The van der Waals surface area contributed by atoms with Crippen LogP contribution in [0.4, 0.5) is 0 Å². The van der Waals surface area contributed by atoms with Gasteiger partial charge in [0.25, 0.3) is 0 Å². The van der Waals surface area contributed by atoms with Crippen molar-refractivity contribution in [3.63, 3.8) is 0 Å². The molecule has 0 bridgehead atoms. The summed E-state index contributed by atoms with van der Waals surface area (Å²) in [5.41, 5.74) is 1.43. The molecule has 0 amide bonds. The molecule has 1 N–H and O–H groups in total. The molecule has 0 saturated carbocycles. The summed E-state index contributed by atoms with van der Waals surface area (Å²) in [6, 6.07) is 10.7. The fourth-order valence-electron chi connectivity index (χ4n) is 1.72. The molecular formula is C11H16NO+. The van der Waals surface area contributed by atoms with E-state index in [0.29, 0.717) is 0 Å². The lowest BCUT2D eigenvalue weighted by Crippen LogP contribution is -3.12. The van der Waals surface area contributed by atoms with Crippen molar-refractivity contribution in [2.75, 3.05) is 26.3 Å². The lowest BCUT2D eigenvalue weighted by atomic mass is 10.2. The molecule has 0 aromatic heterocycles. The minimum atomic E-state index is 0.919. The normalized spacial score (nSPS) is 18.8. The highest BCUT2D eigenvalue weighted by Gasteiger charge is 2.13. The maximum atomic E-state index is 5.32. The maximum absolute atomic E-state index is 5.32. The topological polar surface area (TPSA) is 13.7 Å². The molecule has 1 aromatic carbocycles. The predicted molar refractivity (Wildman–Crippen MR) is 51.7 cm³/mol. The molecule has 0 aliphatic carbocycles. The van der Waals surface area contributed by atoms with Crippen LogP contribution in [-0.4, -0.2) is 26.3 Å². The van der Waals surface area contributed by atoms with Crippen LogP contribution >= 0.6 is 0 Å². The first kappa shape index (κ1) is 8.73. The quantitative estimate of drug-likeness (QED) is 0.678. The van der Waals surface area contributed by atoms with Gasteiger partial charge < -0.3 is 9.64 Å². The van der Waals surface area contributed by atoms with Gasteiger partial charge in [0.15, 0.2) is 0 Å². The van der Waals surface area contributed by atoms with Crippen molar-refractivity contribution >= 4 is 0 Å². The molecule has 0 unspecified atom stereocenters. The molecule has 0 radical (unpaired) electrons. The van der Waals surface area contributed by atoms with Crippen LogP contribution in [-0.2, 0) is 11.3 Å². The van der Waals surface area contributed by atoms with Gasteiger partial charge >= 0.3 is 0 Å². The Kier molecular flexibility index (Phi) is 2.95. The zero-order valence-electron chi connectivity index (χ0n) is 7.83. The second-order valence-electron chi connectivity index (χ2n) is 3.52. The Labute approximate surface area is 79.1 Å². The number of morpholine rings is 1. The van der Waals surface area contributed by atoms with Crippen molar-refractivity contribution < 1.29 is 9.64 Å². The lowest BCUT2D eigenvalue weighted by Gasteiger charge is -2.23. The van der Waals surface area contributed by atoms with Gasteiger partial charge in [0.2, 0.25) is 0 Å². The number of benzene rings is 1. The number of ether oxygens (including phenoxy) is 1. The second kappa shape index (κ2) is 4.40. The van der Waals surface area contributed by atoms with Crippen LogP contribution in [0.25, 0.3) is 0 Å². The Bertz CT molecular complexity index is 242. The standard InChI is InChI=1S/C11H15NO/c1-2-4-11(5-3-1)10-12-6-8-13-9-7-12/h1-5H,6-10H2/p+1. The molecular weight excluding hydrogens is 162 g/mol. The second-order valence-corrected chi connectivity index (χ2v) is 3.52. The van der Waals surface area contributed by atoms with Crippen molar-refractivity contribution in [3.8, 4) is 0 Å². The molecule has 2 heteroatoms. The molecule has 13 heavy (non-hydrogen) atoms. The Morgan fingerprint density at radius 2 is 1.77 bits per heavy atom. The third kappa shape index (κ3) is 2.54. The highest BCUT2D eigenvalue weighted by molar-refractivity contribution is 5.13. The Morgan fingerprint density at radius 1 is 1.08 bits per heavy atom. The summed E-state index contributed by atoms with van der Waals surface area (Å²) in [5, 5.41) is 0. The molecule has 0 spiro atoms. The first-order chi connectivity index (χ1) is 6.45. The van der Waals surface area contributed by atoms with E-state index < -0.39 is 0 Å². The van der Waals surface area contributed by atoms with Crippen LogP contribution in [0.2, 0.25) is 0 Å². The summed E-state index contributed by atoms with van der Waals surface area (Å²) >= 11 is 0. The van der Waals surface area contributed by atoms with Gasteiger partial charge in [-0.05, 0) is 0 Å². The largest absolute Gasteiger partial charge is 0.370 e. The van der Waals surface area contributed by atoms with Gasteiger partial charge in [-0.2, -0.15) is 0 Å². The molecule has 1 fully saturated rings. The monoisotopic (exact) mass is 178 g/mol. The van der Waals surface area contributed by atoms with Crippen molar-refractivity contribution in [2.45, 2.75) is 6.54 Å². The first-order valence-corrected chi connectivity index (χ1v) is 4.90. The molecule has 2 nitrogen and oxygen atoms in total. The van der Waals surface area contributed by atoms with Gasteiger partial charge in [0, 0.05) is 5.56 Å². The minimum absolute atomic E-state index is 0.919. The fraction of sp³-hybridized carbons (Fsp3) is 0.455. The highest BCUT2D eigenvalue weighted by Crippen LogP contribution is 1.95. The Morgan fingerprint density at radius 3 is 2.46 bits per heavy atom. The maximum Gasteiger partial charge on any atom is 0.103 e. The molecule has 1 aliphatic heterocycles. The van der Waals surface area contributed by atoms with E-state index in [1.807, 2.05) is 0 Å². The van der Waals surface area contributed by atoms with E-state index in [4.69, 9.17) is 4.74 Å². The van der Waals surface area contributed by atoms with E-state index >= 15 is 0 Å². The molecule has 1 heterocycles. The molecule has 70 valence electrons. The minimum Gasteiger partial charge on any atom is -0.370 e. The van der Waals surface area contributed by atoms with E-state index in [1.54, 1.807) is 4.90 Å². The average molecular weight is 178 g/mol. The summed E-state index contributed by atoms with van der Waals surface area (Å²) in [6.45, 7) is 5.28. The van der Waals surface area contributed by atoms with Crippen LogP contribution in [0.1, 0.15) is 5.56 Å². The molecule has 2 rings (SSSR count). The summed E-state index contributed by atoms with van der Waals surface area (Å²) in [4.78, 5) is 1.64. The molecule has 1 aromatic rings. The molecule has 1 aliphatic rings. The third-order valence-corrected chi connectivity index (χ3v) is 2.50. The van der Waals surface area contributed by atoms with Crippen LogP contribution in [0.3, 0.4) is 0 Å². The first-order valence-electron chi connectivity index (χ1n) is 4.90. The number of hydrogen-bond donors (Lipinski definition) is 1. The van der Waals surface area contributed by atoms with Gasteiger partial charge in [-0.1, -0.05) is 30.3 Å². The van der Waals surface area contributed by atoms with E-state index in [2.05, 4.69) is 30.3 Å². The summed E-state index contributed by atoms with van der Waals surface area (Å²) in [7, 11) is 0. The van der Waals surface area contributed by atoms with Gasteiger partial charge in [0.1, 0.15) is 19.6 Å². The summed E-state index contributed by atoms with van der Waals surface area (Å²) < 4.78 is 5.32. The number of nitrogens with one attached hydrogen (secondary N) is 1. The molecule has 0 atom stereocenters. The Balaban J connectivity index is 1.90. The van der Waals surface area contributed by atoms with E-state index in [9.17, 15) is 0 Å². The van der Waals surface area contributed by atoms with Gasteiger partial charge in [-0.3, -0.25) is 0 Å². The van der Waals surface area contributed by atoms with Crippen molar-refractivity contribution in [1.82, 2.24) is 0 Å². The molecule has 1 saturated heterocycles. The number of quaternary nitrogens is 1. The van der Waals surface area contributed by atoms with Gasteiger partial charge in [0.05, 0.1) is 13.2 Å². The van der Waals surface area contributed by atoms with E-state index in [0.717, 1.165) is 32.8 Å². The van der Waals surface area contributed by atoms with Crippen molar-refractivity contribution in [2.24, 2.45) is 0 Å². The third-order valence-electron chi connectivity index (χ3n) is 2.50. The van der Waals surface area contributed by atoms with Crippen molar-refractivity contribution in [3.05, 3.63) is 35.9 Å². The van der Waals surface area contributed by atoms with E-state index in [1.165, 1.54) is 5.56 Å².